The van der Waals surface area contributed by atoms with Crippen molar-refractivity contribution in [2.45, 2.75) is 19.5 Å². The molecule has 5 heteroatoms. The van der Waals surface area contributed by atoms with Crippen LogP contribution in [0.1, 0.15) is 24.1 Å². The van der Waals surface area contributed by atoms with Gasteiger partial charge in [-0.2, -0.15) is 0 Å². The highest BCUT2D eigenvalue weighted by Crippen LogP contribution is 2.16. The lowest BCUT2D eigenvalue weighted by atomic mass is 10.1. The van der Waals surface area contributed by atoms with Crippen molar-refractivity contribution >= 4 is 28.9 Å². The van der Waals surface area contributed by atoms with Crippen LogP contribution in [0, 0.1) is 0 Å². The van der Waals surface area contributed by atoms with Crippen LogP contribution in [0.4, 0.5) is 0 Å². The molecule has 2 rings (SSSR count). The predicted octanol–water partition coefficient (Wildman–Crippen LogP) is 4.07. The lowest BCUT2D eigenvalue weighted by Crippen LogP contribution is -2.36. The van der Waals surface area contributed by atoms with Gasteiger partial charge in [0, 0.05) is 11.6 Å². The number of methoxy groups -OCH3 is 1. The number of hydrogen-bond acceptors (Lipinski definition) is 2. The van der Waals surface area contributed by atoms with E-state index in [9.17, 15) is 0 Å². The molecule has 0 heterocycles. The Balaban J connectivity index is 1.83. The average molecular weight is 335 g/mol. The van der Waals surface area contributed by atoms with Crippen molar-refractivity contribution in [3.05, 3.63) is 64.7 Å². The molecule has 2 aromatic carbocycles. The molecule has 22 heavy (non-hydrogen) atoms. The first-order valence-electron chi connectivity index (χ1n) is 7.01. The molecule has 0 aliphatic heterocycles. The summed E-state index contributed by atoms with van der Waals surface area (Å²) in [6.07, 6.45) is 0. The van der Waals surface area contributed by atoms with Gasteiger partial charge in [-0.25, -0.2) is 0 Å². The van der Waals surface area contributed by atoms with Crippen LogP contribution in [0.3, 0.4) is 0 Å². The zero-order chi connectivity index (χ0) is 15.9. The number of ether oxygens (including phenoxy) is 1. The minimum Gasteiger partial charge on any atom is -0.497 e. The van der Waals surface area contributed by atoms with Crippen molar-refractivity contribution in [3.8, 4) is 5.75 Å². The maximum Gasteiger partial charge on any atom is 0.167 e. The summed E-state index contributed by atoms with van der Waals surface area (Å²) in [6, 6.07) is 15.7. The van der Waals surface area contributed by atoms with Crippen molar-refractivity contribution in [1.29, 1.82) is 0 Å². The maximum atomic E-state index is 5.89. The van der Waals surface area contributed by atoms with E-state index in [4.69, 9.17) is 28.6 Å². The van der Waals surface area contributed by atoms with Gasteiger partial charge in [-0.15, -0.1) is 0 Å². The molecule has 2 aromatic rings. The molecule has 0 amide bonds. The third-order valence-electron chi connectivity index (χ3n) is 3.33. The van der Waals surface area contributed by atoms with E-state index < -0.39 is 0 Å². The summed E-state index contributed by atoms with van der Waals surface area (Å²) in [5.41, 5.74) is 2.28. The van der Waals surface area contributed by atoms with Gasteiger partial charge in [0.2, 0.25) is 0 Å². The van der Waals surface area contributed by atoms with Gasteiger partial charge in [-0.05, 0) is 54.5 Å². The Labute approximate surface area is 141 Å². The van der Waals surface area contributed by atoms with Crippen LogP contribution < -0.4 is 15.4 Å². The van der Waals surface area contributed by atoms with Gasteiger partial charge in [0.25, 0.3) is 0 Å². The Hall–Kier alpha value is -1.78. The fraction of sp³-hybridized carbons (Fsp3) is 0.235. The zero-order valence-corrected chi connectivity index (χ0v) is 14.2. The molecule has 0 fully saturated rings. The highest BCUT2D eigenvalue weighted by atomic mass is 35.5. The topological polar surface area (TPSA) is 33.3 Å². The van der Waals surface area contributed by atoms with E-state index in [1.165, 1.54) is 0 Å². The molecule has 0 aromatic heterocycles. The van der Waals surface area contributed by atoms with Crippen LogP contribution in [-0.4, -0.2) is 12.2 Å². The second kappa shape index (κ2) is 8.01. The molecule has 0 aliphatic carbocycles. The average Bonchev–Trinajstić information content (AvgIpc) is 2.54. The fourth-order valence-electron chi connectivity index (χ4n) is 2.01. The molecule has 0 bridgehead atoms. The SMILES string of the molecule is COc1ccc(CNC(=S)N[C@H](C)c2ccc(Cl)cc2)cc1. The third kappa shape index (κ3) is 4.90. The van der Waals surface area contributed by atoms with Crippen LogP contribution in [0.2, 0.25) is 5.02 Å². The highest BCUT2D eigenvalue weighted by Gasteiger charge is 2.06. The zero-order valence-electron chi connectivity index (χ0n) is 12.6. The molecular weight excluding hydrogens is 316 g/mol. The Kier molecular flexibility index (Phi) is 6.04. The van der Waals surface area contributed by atoms with E-state index in [2.05, 4.69) is 17.6 Å². The first-order valence-corrected chi connectivity index (χ1v) is 7.80. The third-order valence-corrected chi connectivity index (χ3v) is 3.84. The van der Waals surface area contributed by atoms with Crippen LogP contribution >= 0.6 is 23.8 Å². The summed E-state index contributed by atoms with van der Waals surface area (Å²) in [6.45, 7) is 2.73. The van der Waals surface area contributed by atoms with Crippen LogP contribution in [-0.2, 0) is 6.54 Å². The van der Waals surface area contributed by atoms with Crippen LogP contribution in [0.15, 0.2) is 48.5 Å². The first-order chi connectivity index (χ1) is 10.6. The number of benzene rings is 2. The smallest absolute Gasteiger partial charge is 0.167 e. The molecule has 116 valence electrons. The maximum absolute atomic E-state index is 5.89. The molecule has 3 nitrogen and oxygen atoms in total. The van der Waals surface area contributed by atoms with E-state index in [1.807, 2.05) is 48.5 Å². The highest BCUT2D eigenvalue weighted by molar-refractivity contribution is 7.80. The lowest BCUT2D eigenvalue weighted by molar-refractivity contribution is 0.414. The van der Waals surface area contributed by atoms with Gasteiger partial charge >= 0.3 is 0 Å². The van der Waals surface area contributed by atoms with Crippen LogP contribution in [0.5, 0.6) is 5.75 Å². The van der Waals surface area contributed by atoms with Gasteiger partial charge in [0.1, 0.15) is 5.75 Å². The van der Waals surface area contributed by atoms with Crippen molar-refractivity contribution in [1.82, 2.24) is 10.6 Å². The van der Waals surface area contributed by atoms with Crippen molar-refractivity contribution in [2.24, 2.45) is 0 Å². The second-order valence-electron chi connectivity index (χ2n) is 4.95. The van der Waals surface area contributed by atoms with E-state index in [1.54, 1.807) is 7.11 Å². The molecule has 0 spiro atoms. The Morgan fingerprint density at radius 2 is 1.77 bits per heavy atom. The number of nitrogens with one attached hydrogen (secondary N) is 2. The molecule has 2 N–H and O–H groups in total. The minimum absolute atomic E-state index is 0.119. The van der Waals surface area contributed by atoms with Gasteiger partial charge in [-0.1, -0.05) is 35.9 Å². The van der Waals surface area contributed by atoms with Gasteiger partial charge in [-0.3, -0.25) is 0 Å². The largest absolute Gasteiger partial charge is 0.497 e. The van der Waals surface area contributed by atoms with Crippen molar-refractivity contribution in [3.63, 3.8) is 0 Å². The molecule has 0 saturated heterocycles. The van der Waals surface area contributed by atoms with E-state index in [-0.39, 0.29) is 6.04 Å². The first kappa shape index (κ1) is 16.6. The quantitative estimate of drug-likeness (QED) is 0.807. The summed E-state index contributed by atoms with van der Waals surface area (Å²) < 4.78 is 5.14. The summed E-state index contributed by atoms with van der Waals surface area (Å²) in [5, 5.41) is 7.82. The minimum atomic E-state index is 0.119. The lowest BCUT2D eigenvalue weighted by Gasteiger charge is -2.17. The second-order valence-corrected chi connectivity index (χ2v) is 5.79. The number of halogens is 1. The fourth-order valence-corrected chi connectivity index (χ4v) is 2.38. The summed E-state index contributed by atoms with van der Waals surface area (Å²) in [5.74, 6) is 0.848. The molecule has 0 aliphatic rings. The Morgan fingerprint density at radius 1 is 1.14 bits per heavy atom. The number of thiocarbonyl (C=S) groups is 1. The van der Waals surface area contributed by atoms with Gasteiger partial charge < -0.3 is 15.4 Å². The van der Waals surface area contributed by atoms with Crippen molar-refractivity contribution in [2.75, 3.05) is 7.11 Å². The predicted molar refractivity (Wildman–Crippen MR) is 95.4 cm³/mol. The van der Waals surface area contributed by atoms with Gasteiger partial charge in [0.05, 0.1) is 13.2 Å². The van der Waals surface area contributed by atoms with E-state index in [0.717, 1.165) is 21.9 Å². The summed E-state index contributed by atoms with van der Waals surface area (Å²) >= 11 is 11.2. The van der Waals surface area contributed by atoms with E-state index in [0.29, 0.717) is 11.7 Å². The van der Waals surface area contributed by atoms with Gasteiger partial charge in [0.15, 0.2) is 5.11 Å². The summed E-state index contributed by atoms with van der Waals surface area (Å²) in [4.78, 5) is 0. The number of rotatable bonds is 5. The standard InChI is InChI=1S/C17H19ClN2OS/c1-12(14-5-7-15(18)8-6-14)20-17(22)19-11-13-3-9-16(21-2)10-4-13/h3-10,12H,11H2,1-2H3,(H2,19,20,22)/t12-/m1/s1. The molecule has 1 atom stereocenters. The van der Waals surface area contributed by atoms with Crippen LogP contribution in [0.25, 0.3) is 0 Å². The molecule has 0 radical (unpaired) electrons. The molecule has 0 saturated carbocycles. The monoisotopic (exact) mass is 334 g/mol. The number of hydrogen-bond donors (Lipinski definition) is 2. The Morgan fingerprint density at radius 3 is 2.36 bits per heavy atom. The van der Waals surface area contributed by atoms with E-state index >= 15 is 0 Å². The summed E-state index contributed by atoms with van der Waals surface area (Å²) in [7, 11) is 1.66. The molecular formula is C17H19ClN2OS. The Bertz CT molecular complexity index is 614. The van der Waals surface area contributed by atoms with Crippen molar-refractivity contribution < 1.29 is 4.74 Å². The normalized spacial score (nSPS) is 11.6. The molecule has 0 unspecified atom stereocenters.